The fraction of sp³-hybridized carbons (Fsp3) is 0.537. The van der Waals surface area contributed by atoms with Gasteiger partial charge in [0.15, 0.2) is 0 Å². The van der Waals surface area contributed by atoms with E-state index in [1.165, 1.54) is 4.90 Å². The number of ether oxygens (including phenoxy) is 4. The highest BCUT2D eigenvalue weighted by Crippen LogP contribution is 2.41. The SMILES string of the molecule is COCCOCCOCCOCCC(=O)NC(CSCC(=O)N(CCCN(CC[Si](C)(C)C)C(=O)O)C(c1cc(-c2cc(F)ccc2F)cn1Cc1ccccc1)C(C)(C)C)C(=O)NCCNC(=O)CN1C(=O)C=CC1=O. The van der Waals surface area contributed by atoms with Crippen molar-refractivity contribution >= 4 is 61.4 Å². The summed E-state index contributed by atoms with van der Waals surface area (Å²) in [4.78, 5) is 94.8. The van der Waals surface area contributed by atoms with Crippen LogP contribution in [0.2, 0.25) is 25.7 Å². The maximum atomic E-state index is 15.5. The first-order valence-corrected chi connectivity index (χ1v) is 30.6. The highest BCUT2D eigenvalue weighted by Gasteiger charge is 2.38. The first-order chi connectivity index (χ1) is 36.6. The summed E-state index contributed by atoms with van der Waals surface area (Å²) < 4.78 is 53.5. The van der Waals surface area contributed by atoms with Crippen LogP contribution >= 0.6 is 11.8 Å². The van der Waals surface area contributed by atoms with Gasteiger partial charge in [-0.15, -0.1) is 11.8 Å². The molecule has 1 aliphatic rings. The number of imide groups is 1. The fourth-order valence-electron chi connectivity index (χ4n) is 8.16. The van der Waals surface area contributed by atoms with E-state index in [9.17, 15) is 38.3 Å². The van der Waals surface area contributed by atoms with Crippen LogP contribution in [0, 0.1) is 17.0 Å². The molecule has 2 atom stereocenters. The van der Waals surface area contributed by atoms with Gasteiger partial charge in [0.2, 0.25) is 23.6 Å². The maximum Gasteiger partial charge on any atom is 0.407 e. The van der Waals surface area contributed by atoms with Crippen LogP contribution in [-0.4, -0.2) is 184 Å². The highest BCUT2D eigenvalue weighted by atomic mass is 32.2. The van der Waals surface area contributed by atoms with Gasteiger partial charge in [0, 0.05) is 102 Å². The van der Waals surface area contributed by atoms with Gasteiger partial charge in [-0.05, 0) is 47.7 Å². The topological polar surface area (TPSA) is 227 Å². The second-order valence-electron chi connectivity index (χ2n) is 20.6. The van der Waals surface area contributed by atoms with E-state index in [0.717, 1.165) is 58.6 Å². The van der Waals surface area contributed by atoms with Crippen LogP contribution in [0.5, 0.6) is 0 Å². The standard InChI is InChI=1S/C54H77F2N7O12SSi/c1-54(2,3)51(45-32-40(42-33-41(55)14-15-43(42)56)35-61(45)34-39-12-9-8-10-13-39)62(22-11-21-60(53(70)71)23-31-77(5,6)7)50(68)38-76-37-44(59-46(64)18-24-73-27-28-75-30-29-74-26-25-72-4)52(69)58-20-19-57-47(65)36-63-48(66)16-17-49(63)67/h8-10,12-17,32-33,35,44,51H,11,18-31,34,36-38H2,1-7H3,(H,57,65)(H,58,69)(H,59,64)(H,70,71). The zero-order chi connectivity index (χ0) is 56.5. The van der Waals surface area contributed by atoms with Gasteiger partial charge in [-0.2, -0.15) is 0 Å². The second kappa shape index (κ2) is 32.0. The van der Waals surface area contributed by atoms with Gasteiger partial charge in [0.25, 0.3) is 11.8 Å². The Hall–Kier alpha value is -5.98. The third-order valence-electron chi connectivity index (χ3n) is 12.1. The van der Waals surface area contributed by atoms with Crippen molar-refractivity contribution in [3.05, 3.63) is 95.8 Å². The number of hydrogen-bond acceptors (Lipinski definition) is 12. The smallest absolute Gasteiger partial charge is 0.407 e. The Kier molecular flexibility index (Phi) is 26.4. The zero-order valence-electron chi connectivity index (χ0n) is 45.4. The van der Waals surface area contributed by atoms with Crippen molar-refractivity contribution in [1.82, 2.24) is 35.2 Å². The molecule has 0 bridgehead atoms. The molecule has 424 valence electrons. The average molecular weight is 1110 g/mol. The first kappa shape index (κ1) is 63.5. The third-order valence-corrected chi connectivity index (χ3v) is 14.8. The van der Waals surface area contributed by atoms with Crippen LogP contribution in [0.1, 0.15) is 50.9 Å². The third kappa shape index (κ3) is 22.5. The van der Waals surface area contributed by atoms with Gasteiger partial charge in [-0.1, -0.05) is 70.7 Å². The summed E-state index contributed by atoms with van der Waals surface area (Å²) in [5.41, 5.74) is 1.26. The lowest BCUT2D eigenvalue weighted by Gasteiger charge is -2.41. The predicted octanol–water partition coefficient (Wildman–Crippen LogP) is 5.57. The second-order valence-corrected chi connectivity index (χ2v) is 27.3. The number of carbonyl (C=O) groups is 7. The Bertz CT molecular complexity index is 2440. The number of thioether (sulfide) groups is 1. The Balaban J connectivity index is 1.58. The Morgan fingerprint density at radius 2 is 1.44 bits per heavy atom. The van der Waals surface area contributed by atoms with E-state index < -0.39 is 79.4 Å². The number of carbonyl (C=O) groups excluding carboxylic acids is 6. The molecule has 0 saturated heterocycles. The van der Waals surface area contributed by atoms with Crippen LogP contribution in [0.4, 0.5) is 13.6 Å². The minimum Gasteiger partial charge on any atom is -0.465 e. The molecule has 2 heterocycles. The Labute approximate surface area is 455 Å². The van der Waals surface area contributed by atoms with Crippen molar-refractivity contribution in [2.75, 3.05) is 104 Å². The number of carboxylic acid groups (broad SMARTS) is 1. The van der Waals surface area contributed by atoms with Crippen LogP contribution < -0.4 is 16.0 Å². The molecule has 3 aromatic rings. The summed E-state index contributed by atoms with van der Waals surface area (Å²) in [6, 6.07) is 13.4. The molecule has 23 heteroatoms. The van der Waals surface area contributed by atoms with Gasteiger partial charge in [-0.3, -0.25) is 33.7 Å². The molecule has 4 rings (SSSR count). The number of halogens is 2. The van der Waals surface area contributed by atoms with Crippen molar-refractivity contribution in [3.63, 3.8) is 0 Å². The number of methoxy groups -OCH3 is 1. The fourth-order valence-corrected chi connectivity index (χ4v) is 10.0. The van der Waals surface area contributed by atoms with Crippen molar-refractivity contribution in [2.45, 2.75) is 77.9 Å². The van der Waals surface area contributed by atoms with Crippen LogP contribution in [0.15, 0.2) is 72.9 Å². The molecule has 0 radical (unpaired) electrons. The molecule has 0 saturated carbocycles. The highest BCUT2D eigenvalue weighted by molar-refractivity contribution is 8.00. The van der Waals surface area contributed by atoms with E-state index in [0.29, 0.717) is 50.8 Å². The number of benzene rings is 2. The van der Waals surface area contributed by atoms with Gasteiger partial charge >= 0.3 is 6.09 Å². The quantitative estimate of drug-likeness (QED) is 0.0322. The molecular weight excluding hydrogens is 1040 g/mol. The molecule has 4 N–H and O–H groups in total. The molecule has 0 aliphatic carbocycles. The molecule has 0 spiro atoms. The molecule has 19 nitrogen and oxygen atoms in total. The number of nitrogens with zero attached hydrogens (tertiary/aromatic N) is 4. The Morgan fingerprint density at radius 3 is 2.06 bits per heavy atom. The molecule has 77 heavy (non-hydrogen) atoms. The molecular formula is C54H77F2N7O12SSi. The van der Waals surface area contributed by atoms with E-state index in [2.05, 4.69) is 35.6 Å². The summed E-state index contributed by atoms with van der Waals surface area (Å²) >= 11 is 1.09. The number of rotatable bonds is 35. The predicted molar refractivity (Wildman–Crippen MR) is 292 cm³/mol. The normalized spacial score (nSPS) is 13.4. The van der Waals surface area contributed by atoms with Crippen molar-refractivity contribution < 1.29 is 66.4 Å². The molecule has 0 fully saturated rings. The largest absolute Gasteiger partial charge is 0.465 e. The van der Waals surface area contributed by atoms with Gasteiger partial charge in [-0.25, -0.2) is 13.6 Å². The summed E-state index contributed by atoms with van der Waals surface area (Å²) in [5, 5.41) is 18.2. The maximum absolute atomic E-state index is 15.5. The molecule has 7 amide bonds. The summed E-state index contributed by atoms with van der Waals surface area (Å²) in [5.74, 6) is -4.87. The van der Waals surface area contributed by atoms with E-state index in [4.69, 9.17) is 18.9 Å². The number of amides is 7. The van der Waals surface area contributed by atoms with Gasteiger partial charge < -0.3 is 54.4 Å². The lowest BCUT2D eigenvalue weighted by molar-refractivity contribution is -0.141. The monoisotopic (exact) mass is 1110 g/mol. The van der Waals surface area contributed by atoms with Crippen molar-refractivity contribution in [1.29, 1.82) is 0 Å². The minimum atomic E-state index is -1.63. The molecule has 2 unspecified atom stereocenters. The zero-order valence-corrected chi connectivity index (χ0v) is 47.2. The number of aromatic nitrogens is 1. The lowest BCUT2D eigenvalue weighted by Crippen LogP contribution is -2.50. The van der Waals surface area contributed by atoms with E-state index in [1.54, 1.807) is 24.3 Å². The minimum absolute atomic E-state index is 0.0171. The molecule has 1 aliphatic heterocycles. The lowest BCUT2D eigenvalue weighted by atomic mass is 9.83. The van der Waals surface area contributed by atoms with Crippen LogP contribution in [-0.2, 0) is 54.3 Å². The van der Waals surface area contributed by atoms with Crippen LogP contribution in [0.3, 0.4) is 0 Å². The van der Waals surface area contributed by atoms with Crippen molar-refractivity contribution in [3.8, 4) is 11.1 Å². The number of nitrogens with one attached hydrogen (secondary N) is 3. The van der Waals surface area contributed by atoms with Crippen molar-refractivity contribution in [2.24, 2.45) is 5.41 Å². The molecule has 1 aromatic heterocycles. The summed E-state index contributed by atoms with van der Waals surface area (Å²) in [6.45, 7) is 14.7. The van der Waals surface area contributed by atoms with E-state index in [-0.39, 0.29) is 81.8 Å². The van der Waals surface area contributed by atoms with E-state index >= 15 is 9.18 Å². The number of hydrogen-bond donors (Lipinski definition) is 4. The molecule has 2 aromatic carbocycles. The average Bonchev–Trinajstić information content (AvgIpc) is 3.92. The Morgan fingerprint density at radius 1 is 0.805 bits per heavy atom. The summed E-state index contributed by atoms with van der Waals surface area (Å²) in [6.07, 6.45) is 2.95. The summed E-state index contributed by atoms with van der Waals surface area (Å²) in [7, 11) is -0.0473. The van der Waals surface area contributed by atoms with E-state index in [1.807, 2.05) is 55.7 Å². The van der Waals surface area contributed by atoms with Gasteiger partial charge in [0.05, 0.1) is 58.0 Å². The van der Waals surface area contributed by atoms with Gasteiger partial charge in [0.1, 0.15) is 24.2 Å². The first-order valence-electron chi connectivity index (χ1n) is 25.7. The van der Waals surface area contributed by atoms with Crippen LogP contribution in [0.25, 0.3) is 11.1 Å².